The van der Waals surface area contributed by atoms with Gasteiger partial charge in [0.1, 0.15) is 31.7 Å². The third-order valence-electron chi connectivity index (χ3n) is 8.99. The number of carbonyl (C=O) groups is 3. The molecule has 0 atom stereocenters. The first kappa shape index (κ1) is 54.0. The molecule has 0 heterocycles. The predicted octanol–water partition coefficient (Wildman–Crippen LogP) is -4.75. The van der Waals surface area contributed by atoms with Crippen molar-refractivity contribution in [2.24, 2.45) is 0 Å². The number of hydrazine groups is 2. The molecule has 25 nitrogen and oxygen atoms in total. The van der Waals surface area contributed by atoms with E-state index in [-0.39, 0.29) is 138 Å². The molecule has 0 fully saturated rings. The van der Waals surface area contributed by atoms with Crippen molar-refractivity contribution in [1.29, 1.82) is 10.8 Å². The molecule has 2 aromatic carbocycles. The Labute approximate surface area is 439 Å². The second-order valence-electron chi connectivity index (χ2n) is 13.1. The molecule has 4 aliphatic carbocycles. The maximum absolute atomic E-state index is 13.3. The summed E-state index contributed by atoms with van der Waals surface area (Å²) in [5, 5.41) is 21.0. The molecule has 0 radical (unpaired) electrons. The van der Waals surface area contributed by atoms with Gasteiger partial charge in [-0.15, -0.1) is 0 Å². The predicted molar refractivity (Wildman–Crippen MR) is 221 cm³/mol. The number of fused-ring (bicyclic) bond motifs is 2. The van der Waals surface area contributed by atoms with E-state index in [1.54, 1.807) is 0 Å². The summed E-state index contributed by atoms with van der Waals surface area (Å²) in [7, 11) is -18.3. The second-order valence-corrected chi connectivity index (χ2v) is 18.6. The smallest absolute Gasteiger partial charge is 0.744 e. The summed E-state index contributed by atoms with van der Waals surface area (Å²) in [5.41, 5.74) is 5.61. The fourth-order valence-corrected chi connectivity index (χ4v) is 8.50. The fourth-order valence-electron chi connectivity index (χ4n) is 6.16. The van der Waals surface area contributed by atoms with E-state index >= 15 is 0 Å². The summed E-state index contributed by atoms with van der Waals surface area (Å²) < 4.78 is 151. The van der Waals surface area contributed by atoms with Crippen LogP contribution in [0.5, 0.6) is 11.5 Å². The quantitative estimate of drug-likeness (QED) is 0.0482. The Kier molecular flexibility index (Phi) is 16.6. The van der Waals surface area contributed by atoms with Crippen molar-refractivity contribution >= 4 is 92.2 Å². The van der Waals surface area contributed by atoms with Gasteiger partial charge in [0.05, 0.1) is 90.5 Å². The van der Waals surface area contributed by atoms with Crippen molar-refractivity contribution in [2.75, 3.05) is 35.7 Å². The molecule has 0 saturated heterocycles. The molecule has 0 unspecified atom stereocenters. The van der Waals surface area contributed by atoms with E-state index in [1.807, 2.05) is 0 Å². The monoisotopic (exact) mass is 1020 g/mol. The first-order valence-corrected chi connectivity index (χ1v) is 22.8. The van der Waals surface area contributed by atoms with Crippen molar-refractivity contribution in [1.82, 2.24) is 10.9 Å². The topological polar surface area (TPSA) is 413 Å². The summed E-state index contributed by atoms with van der Waals surface area (Å²) in [6.45, 7) is 0. The zero-order valence-corrected chi connectivity index (χ0v) is 42.5. The van der Waals surface area contributed by atoms with E-state index in [9.17, 15) is 66.3 Å². The Morgan fingerprint density at radius 3 is 1.23 bits per heavy atom. The number of nitrogens with one attached hydrogen (secondary N) is 8. The van der Waals surface area contributed by atoms with Crippen molar-refractivity contribution in [3.8, 4) is 11.5 Å². The van der Waals surface area contributed by atoms with E-state index < -0.39 is 100 Å². The third kappa shape index (κ3) is 11.7. The van der Waals surface area contributed by atoms with Gasteiger partial charge in [-0.1, -0.05) is 12.2 Å². The molecular weight excluding hydrogens is 995 g/mol. The van der Waals surface area contributed by atoms with Crippen LogP contribution in [0.25, 0.3) is 0 Å². The average molecular weight is 1020 g/mol. The number of anilines is 4. The summed E-state index contributed by atoms with van der Waals surface area (Å²) in [4.78, 5) is 35.6. The number of ether oxygens (including phenoxy) is 2. The van der Waals surface area contributed by atoms with Crippen molar-refractivity contribution in [2.45, 2.75) is 9.79 Å². The molecule has 0 aliphatic heterocycles. The minimum atomic E-state index is -5.43. The molecule has 0 spiro atoms. The number of urea groups is 1. The third-order valence-corrected chi connectivity index (χ3v) is 12.4. The molecule has 0 bridgehead atoms. The van der Waals surface area contributed by atoms with Crippen molar-refractivity contribution < 1.29 is 157 Å². The molecule has 0 saturated carbocycles. The maximum Gasteiger partial charge on any atom is 1.00 e. The standard InChI is InChI=1S/C35H30N8O17S4.K.Na/c1-59-27-11-23(40-42-33-19(36)5-3-15-7-17(61(47,48)49)9-25(44)31(15)33)29(63(53,54)55)13-21(27)38-35(46)39-22-14-30(64(56,57)58)24(12-28(22)60-2)41-43-34-20(37)6-4-16-8-18(62(50,51)52)10-26(45)32(16)34;;/h3-14,36-37,40-43H,1-2H3,(H2,38,39,46)(H,47,48,49)(H,50,51,52)(H,53,54,55)(H,56,57,58);;/q;2*+1/p-2. The number of hydrogen-bond donors (Lipinski definition) is 10. The van der Waals surface area contributed by atoms with Crippen LogP contribution in [0, 0.1) is 10.8 Å². The van der Waals surface area contributed by atoms with Crippen LogP contribution in [0.15, 0.2) is 126 Å². The van der Waals surface area contributed by atoms with Gasteiger partial charge in [0.2, 0.25) is 0 Å². The Balaban J connectivity index is 0.00000476. The van der Waals surface area contributed by atoms with Gasteiger partial charge >= 0.3 is 87.0 Å². The van der Waals surface area contributed by atoms with Gasteiger partial charge in [0, 0.05) is 24.3 Å². The largest absolute Gasteiger partial charge is 1.00 e. The Morgan fingerprint density at radius 2 is 0.924 bits per heavy atom. The van der Waals surface area contributed by atoms with E-state index in [1.165, 1.54) is 12.2 Å². The summed E-state index contributed by atoms with van der Waals surface area (Å²) in [6.07, 6.45) is 7.77. The van der Waals surface area contributed by atoms with E-state index in [2.05, 4.69) is 32.3 Å². The number of rotatable bonds is 14. The number of amides is 2. The zero-order chi connectivity index (χ0) is 47.3. The van der Waals surface area contributed by atoms with Crippen LogP contribution in [-0.2, 0) is 50.1 Å². The Morgan fingerprint density at radius 1 is 0.576 bits per heavy atom. The van der Waals surface area contributed by atoms with Crippen molar-refractivity contribution in [3.63, 3.8) is 0 Å². The minimum Gasteiger partial charge on any atom is -0.744 e. The first-order chi connectivity index (χ1) is 29.7. The molecule has 336 valence electrons. The molecule has 10 N–H and O–H groups in total. The van der Waals surface area contributed by atoms with E-state index in [0.717, 1.165) is 50.7 Å². The average Bonchev–Trinajstić information content (AvgIpc) is 3.18. The van der Waals surface area contributed by atoms with Crippen LogP contribution in [0.1, 0.15) is 0 Å². The van der Waals surface area contributed by atoms with Crippen LogP contribution in [0.3, 0.4) is 0 Å². The number of hydrogen-bond acceptors (Lipinski definition) is 21. The van der Waals surface area contributed by atoms with Gasteiger partial charge in [-0.25, -0.2) is 21.6 Å². The summed E-state index contributed by atoms with van der Waals surface area (Å²) in [6, 6.07) is 1.87. The van der Waals surface area contributed by atoms with Crippen LogP contribution < -0.4 is 123 Å². The van der Waals surface area contributed by atoms with Gasteiger partial charge in [-0.05, 0) is 47.6 Å². The molecule has 66 heavy (non-hydrogen) atoms. The van der Waals surface area contributed by atoms with Gasteiger partial charge in [0.15, 0.2) is 11.6 Å². The van der Waals surface area contributed by atoms with Gasteiger partial charge in [-0.2, -0.15) is 16.8 Å². The van der Waals surface area contributed by atoms with Crippen molar-refractivity contribution in [3.05, 3.63) is 116 Å². The van der Waals surface area contributed by atoms with Gasteiger partial charge < -0.3 is 29.2 Å². The molecular formula is C35H28KN8NaO17S4. The number of carbonyl (C=O) groups excluding carboxylic acids is 3. The summed E-state index contributed by atoms with van der Waals surface area (Å²) >= 11 is 0. The maximum atomic E-state index is 13.3. The number of ketones is 2. The summed E-state index contributed by atoms with van der Waals surface area (Å²) in [5.74, 6) is -2.58. The molecule has 0 aromatic heterocycles. The van der Waals surface area contributed by atoms with E-state index in [0.29, 0.717) is 24.3 Å². The van der Waals surface area contributed by atoms with Crippen LogP contribution in [0.2, 0.25) is 0 Å². The van der Waals surface area contributed by atoms with Crippen LogP contribution >= 0.6 is 0 Å². The van der Waals surface area contributed by atoms with E-state index in [4.69, 9.17) is 20.3 Å². The molecule has 2 aromatic rings. The first-order valence-electron chi connectivity index (χ1n) is 17.1. The number of methoxy groups -OCH3 is 2. The number of benzene rings is 2. The molecule has 31 heteroatoms. The van der Waals surface area contributed by atoms with Crippen LogP contribution in [-0.4, -0.2) is 95.1 Å². The fraction of sp³-hybridized carbons (Fsp3) is 0.0571. The Hall–Kier alpha value is -4.61. The molecule has 6 rings (SSSR count). The normalized spacial score (nSPS) is 16.0. The molecule has 4 aliphatic rings. The number of allylic oxidation sites excluding steroid dienone is 12. The minimum absolute atomic E-state index is 0. The Bertz CT molecular complexity index is 3070. The van der Waals surface area contributed by atoms with Gasteiger partial charge in [-0.3, -0.25) is 51.2 Å². The second kappa shape index (κ2) is 20.3. The SMILES string of the molecule is COc1cc(NNC2=C3C(=O)C=C(S(=O)(=O)O)C=C3C=CC2=N)c(S(=O)(=O)[O-])cc1NC(=O)Nc1cc(S(=O)(=O)[O-])c(NNC2=C3C(=O)C=C(S(=O)(=O)O)C=C3C=CC2=N)cc1OC.[K+].[Na+]. The van der Waals surface area contributed by atoms with Crippen LogP contribution in [0.4, 0.5) is 27.5 Å². The zero-order valence-electron chi connectivity index (χ0n) is 34.1. The molecule has 2 amide bonds. The van der Waals surface area contributed by atoms with Gasteiger partial charge in [0.25, 0.3) is 20.2 Å².